The van der Waals surface area contributed by atoms with E-state index in [1.165, 1.54) is 5.56 Å². The van der Waals surface area contributed by atoms with Crippen LogP contribution in [0.2, 0.25) is 0 Å². The largest absolute Gasteiger partial charge is 0.481 e. The molecule has 30 heavy (non-hydrogen) atoms. The second-order valence-electron chi connectivity index (χ2n) is 7.47. The lowest BCUT2D eigenvalue weighted by Gasteiger charge is -2.32. The molecule has 3 aromatic rings. The van der Waals surface area contributed by atoms with Crippen molar-refractivity contribution >= 4 is 0 Å². The average Bonchev–Trinajstić information content (AvgIpc) is 2.78. The first-order chi connectivity index (χ1) is 14.7. The van der Waals surface area contributed by atoms with Gasteiger partial charge in [-0.3, -0.25) is 14.7 Å². The number of likely N-dealkylation sites (tertiary alicyclic amines) is 1. The number of piperidine rings is 1. The van der Waals surface area contributed by atoms with Crippen LogP contribution in [0.25, 0.3) is 11.3 Å². The Morgan fingerprint density at radius 3 is 2.93 bits per heavy atom. The Morgan fingerprint density at radius 2 is 2.10 bits per heavy atom. The monoisotopic (exact) mass is 400 g/mol. The van der Waals surface area contributed by atoms with Gasteiger partial charge >= 0.3 is 0 Å². The van der Waals surface area contributed by atoms with Gasteiger partial charge in [-0.25, -0.2) is 4.98 Å². The summed E-state index contributed by atoms with van der Waals surface area (Å²) in [5, 5.41) is 0. The van der Waals surface area contributed by atoms with Gasteiger partial charge in [-0.2, -0.15) is 0 Å². The number of hydrogen-bond donors (Lipinski definition) is 1. The van der Waals surface area contributed by atoms with Crippen molar-refractivity contribution in [3.05, 3.63) is 76.6 Å². The van der Waals surface area contributed by atoms with Gasteiger partial charge in [0.1, 0.15) is 18.2 Å². The normalized spacial score (nSPS) is 16.7. The molecule has 1 aliphatic rings. The van der Waals surface area contributed by atoms with Crippen LogP contribution in [-0.2, 0) is 6.54 Å². The van der Waals surface area contributed by atoms with Crippen LogP contribution in [0.3, 0.4) is 0 Å². The number of nitrogens with zero attached hydrogens (tertiary/aromatic N) is 3. The maximum atomic E-state index is 12.3. The Bertz CT molecular complexity index is 1090. The minimum atomic E-state index is -0.123. The van der Waals surface area contributed by atoms with Crippen molar-refractivity contribution in [2.45, 2.75) is 25.3 Å². The van der Waals surface area contributed by atoms with E-state index in [0.717, 1.165) is 49.6 Å². The molecule has 0 radical (unpaired) electrons. The Hall–Kier alpha value is -3.43. The van der Waals surface area contributed by atoms with Crippen LogP contribution < -0.4 is 10.3 Å². The Labute approximate surface area is 176 Å². The molecule has 152 valence electrons. The number of benzene rings is 1. The van der Waals surface area contributed by atoms with E-state index in [0.29, 0.717) is 5.69 Å². The Kier molecular flexibility index (Phi) is 6.21. The molecule has 0 aliphatic carbocycles. The molecule has 0 spiro atoms. The lowest BCUT2D eigenvalue weighted by molar-refractivity contribution is 0.196. The van der Waals surface area contributed by atoms with E-state index in [-0.39, 0.29) is 18.1 Å². The fourth-order valence-electron chi connectivity index (χ4n) is 3.88. The molecule has 1 aromatic carbocycles. The minimum Gasteiger partial charge on any atom is -0.481 e. The number of pyridine rings is 1. The van der Waals surface area contributed by atoms with Crippen molar-refractivity contribution in [3.8, 4) is 29.4 Å². The van der Waals surface area contributed by atoms with Crippen LogP contribution in [0.1, 0.15) is 30.1 Å². The van der Waals surface area contributed by atoms with Gasteiger partial charge in [-0.05, 0) is 49.2 Å². The summed E-state index contributed by atoms with van der Waals surface area (Å²) in [6.45, 7) is 2.94. The summed E-state index contributed by atoms with van der Waals surface area (Å²) in [5.41, 5.74) is 2.64. The van der Waals surface area contributed by atoms with Crippen LogP contribution in [0.15, 0.2) is 59.7 Å². The highest BCUT2D eigenvalue weighted by molar-refractivity contribution is 5.57. The predicted molar refractivity (Wildman–Crippen MR) is 116 cm³/mol. The second-order valence-corrected chi connectivity index (χ2v) is 7.47. The van der Waals surface area contributed by atoms with Gasteiger partial charge < -0.3 is 9.72 Å². The minimum absolute atomic E-state index is 0.123. The van der Waals surface area contributed by atoms with Crippen molar-refractivity contribution in [2.24, 2.45) is 0 Å². The van der Waals surface area contributed by atoms with Crippen molar-refractivity contribution in [2.75, 3.05) is 19.7 Å². The van der Waals surface area contributed by atoms with E-state index in [1.54, 1.807) is 18.5 Å². The molecule has 6 heteroatoms. The van der Waals surface area contributed by atoms with Crippen molar-refractivity contribution in [1.82, 2.24) is 19.9 Å². The molecular weight excluding hydrogens is 376 g/mol. The smallest absolute Gasteiger partial charge is 0.251 e. The molecule has 0 unspecified atom stereocenters. The molecule has 1 atom stereocenters. The van der Waals surface area contributed by atoms with Gasteiger partial charge in [0.25, 0.3) is 5.56 Å². The standard InChI is InChI=1S/C24H24N4O2/c1-2-13-30-21-7-3-5-18(14-21)16-28-12-4-6-20(17-28)24-26-22(15-23(29)27-24)19-8-10-25-11-9-19/h1,3,5,7-11,14-15,20H,4,6,12-13,16-17H2,(H,26,27,29)/t20-/m1/s1. The summed E-state index contributed by atoms with van der Waals surface area (Å²) in [6, 6.07) is 13.3. The van der Waals surface area contributed by atoms with Gasteiger partial charge in [-0.1, -0.05) is 18.1 Å². The summed E-state index contributed by atoms with van der Waals surface area (Å²) >= 11 is 0. The van der Waals surface area contributed by atoms with Crippen LogP contribution >= 0.6 is 0 Å². The van der Waals surface area contributed by atoms with Gasteiger partial charge in [0.2, 0.25) is 0 Å². The highest BCUT2D eigenvalue weighted by Crippen LogP contribution is 2.27. The van der Waals surface area contributed by atoms with Crippen molar-refractivity contribution in [1.29, 1.82) is 0 Å². The average molecular weight is 400 g/mol. The number of terminal acetylenes is 1. The first-order valence-electron chi connectivity index (χ1n) is 10.1. The highest BCUT2D eigenvalue weighted by Gasteiger charge is 2.24. The summed E-state index contributed by atoms with van der Waals surface area (Å²) in [7, 11) is 0. The third-order valence-corrected chi connectivity index (χ3v) is 5.26. The fourth-order valence-corrected chi connectivity index (χ4v) is 3.88. The van der Waals surface area contributed by atoms with Crippen LogP contribution in [0.4, 0.5) is 0 Å². The quantitative estimate of drug-likeness (QED) is 0.644. The van der Waals surface area contributed by atoms with E-state index in [1.807, 2.05) is 30.3 Å². The molecule has 6 nitrogen and oxygen atoms in total. The molecular formula is C24H24N4O2. The lowest BCUT2D eigenvalue weighted by Crippen LogP contribution is -2.35. The summed E-state index contributed by atoms with van der Waals surface area (Å²) in [4.78, 5) is 26.4. The molecule has 1 saturated heterocycles. The van der Waals surface area contributed by atoms with E-state index in [4.69, 9.17) is 16.1 Å². The van der Waals surface area contributed by atoms with E-state index in [9.17, 15) is 4.79 Å². The Morgan fingerprint density at radius 1 is 1.23 bits per heavy atom. The SMILES string of the molecule is C#CCOc1cccc(CN2CCC[C@@H](c3nc(-c4ccncc4)cc(=O)[nH]3)C2)c1. The Balaban J connectivity index is 1.49. The van der Waals surface area contributed by atoms with E-state index >= 15 is 0 Å². The molecule has 2 aromatic heterocycles. The molecule has 0 saturated carbocycles. The molecule has 1 fully saturated rings. The van der Waals surface area contributed by atoms with Crippen molar-refractivity contribution < 1.29 is 4.74 Å². The molecule has 4 rings (SSSR count). The topological polar surface area (TPSA) is 71.1 Å². The summed E-state index contributed by atoms with van der Waals surface area (Å²) in [6.07, 6.45) is 10.8. The highest BCUT2D eigenvalue weighted by atomic mass is 16.5. The van der Waals surface area contributed by atoms with Crippen LogP contribution in [0.5, 0.6) is 5.75 Å². The fraction of sp³-hybridized carbons (Fsp3) is 0.292. The van der Waals surface area contributed by atoms with Gasteiger partial charge in [0.15, 0.2) is 0 Å². The molecule has 1 N–H and O–H groups in total. The second kappa shape index (κ2) is 9.38. The number of aromatic nitrogens is 3. The third-order valence-electron chi connectivity index (χ3n) is 5.26. The maximum Gasteiger partial charge on any atom is 0.251 e. The molecule has 0 bridgehead atoms. The molecule has 3 heterocycles. The van der Waals surface area contributed by atoms with Crippen molar-refractivity contribution in [3.63, 3.8) is 0 Å². The number of hydrogen-bond acceptors (Lipinski definition) is 5. The van der Waals surface area contributed by atoms with Gasteiger partial charge in [0.05, 0.1) is 5.69 Å². The van der Waals surface area contributed by atoms with Crippen LogP contribution in [-0.4, -0.2) is 39.5 Å². The van der Waals surface area contributed by atoms with Crippen LogP contribution in [0, 0.1) is 12.3 Å². The number of ether oxygens (including phenoxy) is 1. The first kappa shape index (κ1) is 19.9. The molecule has 0 amide bonds. The molecule has 1 aliphatic heterocycles. The number of rotatable bonds is 6. The van der Waals surface area contributed by atoms with Gasteiger partial charge in [-0.15, -0.1) is 6.42 Å². The van der Waals surface area contributed by atoms with E-state index < -0.39 is 0 Å². The number of aromatic amines is 1. The lowest BCUT2D eigenvalue weighted by atomic mass is 9.96. The zero-order chi connectivity index (χ0) is 20.8. The third kappa shape index (κ3) is 4.94. The van der Waals surface area contributed by atoms with Gasteiger partial charge in [0, 0.05) is 43.0 Å². The summed E-state index contributed by atoms with van der Waals surface area (Å²) < 4.78 is 5.54. The summed E-state index contributed by atoms with van der Waals surface area (Å²) in [5.74, 6) is 4.22. The van der Waals surface area contributed by atoms with E-state index in [2.05, 4.69) is 26.9 Å². The first-order valence-corrected chi connectivity index (χ1v) is 10.1. The maximum absolute atomic E-state index is 12.3. The zero-order valence-corrected chi connectivity index (χ0v) is 16.8. The number of nitrogens with one attached hydrogen (secondary N) is 1. The predicted octanol–water partition coefficient (Wildman–Crippen LogP) is 3.22. The zero-order valence-electron chi connectivity index (χ0n) is 16.8. The number of H-pyrrole nitrogens is 1.